The molecule has 4 nitrogen and oxygen atoms in total. The van der Waals surface area contributed by atoms with E-state index in [4.69, 9.17) is 5.73 Å². The molecule has 0 atom stereocenters. The molecule has 2 N–H and O–H groups in total. The van der Waals surface area contributed by atoms with E-state index >= 15 is 0 Å². The Kier molecular flexibility index (Phi) is 4.53. The summed E-state index contributed by atoms with van der Waals surface area (Å²) in [6.07, 6.45) is 2.44. The number of hydrogen-bond acceptors (Lipinski definition) is 4. The molecule has 0 fully saturated rings. The molecule has 1 aromatic heterocycles. The average molecular weight is 370 g/mol. The lowest BCUT2D eigenvalue weighted by Gasteiger charge is -2.28. The average Bonchev–Trinajstić information content (AvgIpc) is 2.66. The number of benzene rings is 2. The molecule has 0 spiro atoms. The van der Waals surface area contributed by atoms with Crippen LogP contribution in [0.4, 0.5) is 18.9 Å². The number of rotatable bonds is 3. The van der Waals surface area contributed by atoms with Crippen molar-refractivity contribution in [2.45, 2.75) is 19.5 Å². The summed E-state index contributed by atoms with van der Waals surface area (Å²) in [6, 6.07) is 8.86. The Morgan fingerprint density at radius 2 is 1.74 bits per heavy atom. The highest BCUT2D eigenvalue weighted by Gasteiger charge is 2.21. The van der Waals surface area contributed by atoms with Crippen molar-refractivity contribution in [1.82, 2.24) is 14.9 Å². The van der Waals surface area contributed by atoms with Crippen molar-refractivity contribution in [2.75, 3.05) is 12.3 Å². The van der Waals surface area contributed by atoms with Gasteiger partial charge < -0.3 is 5.73 Å². The summed E-state index contributed by atoms with van der Waals surface area (Å²) in [4.78, 5) is 11.0. The lowest BCUT2D eigenvalue weighted by atomic mass is 10.1. The van der Waals surface area contributed by atoms with Crippen LogP contribution >= 0.6 is 0 Å². The minimum atomic E-state index is -1.18. The molecule has 0 saturated carbocycles. The predicted molar refractivity (Wildman–Crippen MR) is 96.0 cm³/mol. The van der Waals surface area contributed by atoms with E-state index in [1.54, 1.807) is 18.3 Å². The van der Waals surface area contributed by atoms with Gasteiger partial charge in [0.2, 0.25) is 0 Å². The van der Waals surface area contributed by atoms with E-state index in [2.05, 4.69) is 9.97 Å². The first-order valence-corrected chi connectivity index (χ1v) is 8.56. The van der Waals surface area contributed by atoms with E-state index in [0.29, 0.717) is 37.1 Å². The fourth-order valence-electron chi connectivity index (χ4n) is 3.21. The monoisotopic (exact) mass is 370 g/mol. The second-order valence-electron chi connectivity index (χ2n) is 6.61. The third-order valence-corrected chi connectivity index (χ3v) is 4.67. The Balaban J connectivity index is 1.52. The number of halogens is 3. The third-order valence-electron chi connectivity index (χ3n) is 4.67. The maximum atomic E-state index is 13.9. The lowest BCUT2D eigenvalue weighted by Crippen LogP contribution is -2.31. The van der Waals surface area contributed by atoms with Crippen LogP contribution in [0.2, 0.25) is 0 Å². The fourth-order valence-corrected chi connectivity index (χ4v) is 3.21. The zero-order valence-electron chi connectivity index (χ0n) is 14.4. The van der Waals surface area contributed by atoms with Crippen molar-refractivity contribution in [3.63, 3.8) is 0 Å². The number of aromatic nitrogens is 2. The van der Waals surface area contributed by atoms with Crippen molar-refractivity contribution in [3.05, 3.63) is 76.9 Å². The van der Waals surface area contributed by atoms with Crippen LogP contribution in [-0.4, -0.2) is 21.4 Å². The minimum Gasteiger partial charge on any atom is -0.399 e. The normalized spacial score (nSPS) is 14.2. The molecule has 0 aliphatic carbocycles. The highest BCUT2D eigenvalue weighted by molar-refractivity contribution is 5.58. The van der Waals surface area contributed by atoms with Gasteiger partial charge in [-0.3, -0.25) is 4.90 Å². The minimum absolute atomic E-state index is 0.136. The fraction of sp³-hybridized carbons (Fsp3) is 0.200. The topological polar surface area (TPSA) is 55.0 Å². The first-order chi connectivity index (χ1) is 13.0. The number of hydrogen-bond donors (Lipinski definition) is 1. The summed E-state index contributed by atoms with van der Waals surface area (Å²) in [7, 11) is 0. The van der Waals surface area contributed by atoms with Gasteiger partial charge in [-0.2, -0.15) is 0 Å². The van der Waals surface area contributed by atoms with Gasteiger partial charge >= 0.3 is 0 Å². The van der Waals surface area contributed by atoms with Crippen LogP contribution < -0.4 is 5.73 Å². The van der Waals surface area contributed by atoms with Crippen molar-refractivity contribution >= 4 is 5.69 Å². The second-order valence-corrected chi connectivity index (χ2v) is 6.61. The van der Waals surface area contributed by atoms with Gasteiger partial charge in [0.1, 0.15) is 5.82 Å². The molecule has 2 heterocycles. The molecule has 4 rings (SSSR count). The van der Waals surface area contributed by atoms with Crippen LogP contribution in [0.5, 0.6) is 0 Å². The molecule has 3 aromatic rings. The Labute approximate surface area is 154 Å². The summed E-state index contributed by atoms with van der Waals surface area (Å²) in [6.45, 7) is 1.36. The molecule has 0 unspecified atom stereocenters. The molecule has 1 aliphatic heterocycles. The van der Waals surface area contributed by atoms with Crippen LogP contribution in [0, 0.1) is 17.5 Å². The molecule has 1 aliphatic rings. The van der Waals surface area contributed by atoms with Crippen molar-refractivity contribution in [1.29, 1.82) is 0 Å². The van der Waals surface area contributed by atoms with E-state index in [9.17, 15) is 13.2 Å². The first-order valence-electron chi connectivity index (χ1n) is 8.56. The summed E-state index contributed by atoms with van der Waals surface area (Å²) >= 11 is 0. The van der Waals surface area contributed by atoms with Gasteiger partial charge in [-0.1, -0.05) is 0 Å². The van der Waals surface area contributed by atoms with E-state index < -0.39 is 17.5 Å². The zero-order valence-corrected chi connectivity index (χ0v) is 14.4. The Hall–Kier alpha value is -2.93. The lowest BCUT2D eigenvalue weighted by molar-refractivity contribution is 0.239. The number of anilines is 1. The molecular formula is C20H17F3N4. The predicted octanol–water partition coefficient (Wildman–Crippen LogP) is 3.70. The largest absolute Gasteiger partial charge is 0.399 e. The van der Waals surface area contributed by atoms with Gasteiger partial charge in [0.25, 0.3) is 0 Å². The van der Waals surface area contributed by atoms with Gasteiger partial charge in [0.05, 0.1) is 5.69 Å². The smallest absolute Gasteiger partial charge is 0.161 e. The van der Waals surface area contributed by atoms with Crippen LogP contribution in [-0.2, 0) is 19.5 Å². The quantitative estimate of drug-likeness (QED) is 0.564. The van der Waals surface area contributed by atoms with Gasteiger partial charge in [-0.25, -0.2) is 23.1 Å². The molecular weight excluding hydrogens is 353 g/mol. The van der Waals surface area contributed by atoms with Crippen LogP contribution in [0.1, 0.15) is 16.8 Å². The van der Waals surface area contributed by atoms with E-state index in [1.807, 2.05) is 17.0 Å². The molecule has 0 radical (unpaired) electrons. The number of fused-ring (bicyclic) bond motifs is 1. The highest BCUT2D eigenvalue weighted by atomic mass is 19.2. The number of nitrogen functional groups attached to an aromatic ring is 1. The molecule has 7 heteroatoms. The SMILES string of the molecule is Nc1ccc(-c2ncc3c(n2)CCN(Cc2cc(F)c(F)cc2F)C3)cc1. The van der Waals surface area contributed by atoms with Crippen LogP contribution in [0.15, 0.2) is 42.6 Å². The van der Waals surface area contributed by atoms with E-state index in [-0.39, 0.29) is 12.1 Å². The van der Waals surface area contributed by atoms with E-state index in [1.165, 1.54) is 0 Å². The van der Waals surface area contributed by atoms with E-state index in [0.717, 1.165) is 22.9 Å². The maximum absolute atomic E-state index is 13.9. The van der Waals surface area contributed by atoms with Crippen molar-refractivity contribution in [3.8, 4) is 11.4 Å². The van der Waals surface area contributed by atoms with Crippen molar-refractivity contribution in [2.24, 2.45) is 0 Å². The van der Waals surface area contributed by atoms with Crippen LogP contribution in [0.25, 0.3) is 11.4 Å². The highest BCUT2D eigenvalue weighted by Crippen LogP contribution is 2.24. The summed E-state index contributed by atoms with van der Waals surface area (Å²) in [5.74, 6) is -2.33. The van der Waals surface area contributed by atoms with Gasteiger partial charge in [0.15, 0.2) is 17.5 Å². The standard InChI is InChI=1S/C20H17F3N4/c21-16-8-18(23)17(22)7-13(16)10-27-6-5-19-14(11-27)9-25-20(26-19)12-1-3-15(24)4-2-12/h1-4,7-9H,5-6,10-11,24H2. The van der Waals surface area contributed by atoms with Gasteiger partial charge in [-0.15, -0.1) is 0 Å². The molecule has 0 bridgehead atoms. The Morgan fingerprint density at radius 1 is 1.00 bits per heavy atom. The summed E-state index contributed by atoms with van der Waals surface area (Å²) in [5, 5.41) is 0. The Bertz CT molecular complexity index is 989. The Morgan fingerprint density at radius 3 is 2.52 bits per heavy atom. The summed E-state index contributed by atoms with van der Waals surface area (Å²) < 4.78 is 40.4. The molecule has 0 amide bonds. The van der Waals surface area contributed by atoms with Crippen LogP contribution in [0.3, 0.4) is 0 Å². The molecule has 2 aromatic carbocycles. The molecule has 0 saturated heterocycles. The molecule has 27 heavy (non-hydrogen) atoms. The first kappa shape index (κ1) is 17.5. The van der Waals surface area contributed by atoms with Crippen molar-refractivity contribution < 1.29 is 13.2 Å². The second kappa shape index (κ2) is 7.00. The third kappa shape index (κ3) is 3.64. The van der Waals surface area contributed by atoms with Gasteiger partial charge in [0, 0.05) is 60.7 Å². The number of nitrogens with zero attached hydrogens (tertiary/aromatic N) is 3. The summed E-state index contributed by atoms with van der Waals surface area (Å²) in [5.41, 5.74) is 9.30. The van der Waals surface area contributed by atoms with Gasteiger partial charge in [-0.05, 0) is 30.3 Å². The number of nitrogens with two attached hydrogens (primary N) is 1. The molecule has 138 valence electrons. The maximum Gasteiger partial charge on any atom is 0.161 e. The zero-order chi connectivity index (χ0) is 19.0.